The number of halogens is 1. The zero-order valence-electron chi connectivity index (χ0n) is 10.5. The van der Waals surface area contributed by atoms with Gasteiger partial charge in [0.05, 0.1) is 11.4 Å². The van der Waals surface area contributed by atoms with Gasteiger partial charge in [-0.3, -0.25) is 0 Å². The Kier molecular flexibility index (Phi) is 2.67. The molecule has 2 aliphatic rings. The number of nitrogens with zero attached hydrogens (tertiary/aromatic N) is 2. The Labute approximate surface area is 120 Å². The fraction of sp³-hybridized carbons (Fsp3) is 0.333. The molecule has 0 atom stereocenters. The lowest BCUT2D eigenvalue weighted by Gasteiger charge is -2.10. The zero-order valence-corrected chi connectivity index (χ0v) is 12.1. The largest absolute Gasteiger partial charge is 0.307 e. The van der Waals surface area contributed by atoms with Crippen molar-refractivity contribution in [2.75, 3.05) is 0 Å². The topological polar surface area (TPSA) is 37.8 Å². The van der Waals surface area contributed by atoms with Crippen LogP contribution in [-0.4, -0.2) is 9.97 Å². The first-order chi connectivity index (χ1) is 9.33. The van der Waals surface area contributed by atoms with E-state index in [2.05, 4.69) is 27.3 Å². The summed E-state index contributed by atoms with van der Waals surface area (Å²) in [5.74, 6) is 1.52. The van der Waals surface area contributed by atoms with Crippen molar-refractivity contribution in [1.29, 1.82) is 0 Å². The van der Waals surface area contributed by atoms with E-state index < -0.39 is 0 Å². The van der Waals surface area contributed by atoms with Crippen molar-refractivity contribution < 1.29 is 0 Å². The van der Waals surface area contributed by atoms with Gasteiger partial charge < -0.3 is 5.32 Å². The minimum atomic E-state index is 0.665. The Hall–Kier alpha value is -1.26. The van der Waals surface area contributed by atoms with Gasteiger partial charge in [-0.15, -0.1) is 0 Å². The summed E-state index contributed by atoms with van der Waals surface area (Å²) >= 11 is 3.60. The molecule has 1 fully saturated rings. The van der Waals surface area contributed by atoms with Gasteiger partial charge >= 0.3 is 0 Å². The third-order valence-electron chi connectivity index (χ3n) is 3.80. The second kappa shape index (κ2) is 4.39. The highest BCUT2D eigenvalue weighted by Crippen LogP contribution is 2.42. The molecule has 0 bridgehead atoms. The van der Waals surface area contributed by atoms with Crippen molar-refractivity contribution in [2.45, 2.75) is 31.8 Å². The molecule has 1 saturated carbocycles. The van der Waals surface area contributed by atoms with E-state index in [-0.39, 0.29) is 0 Å². The molecule has 1 N–H and O–H groups in total. The number of hydrogen-bond donors (Lipinski definition) is 1. The number of hydrogen-bond acceptors (Lipinski definition) is 3. The Morgan fingerprint density at radius 3 is 2.74 bits per heavy atom. The molecule has 96 valence electrons. The van der Waals surface area contributed by atoms with Crippen LogP contribution in [-0.2, 0) is 13.1 Å². The van der Waals surface area contributed by atoms with Crippen LogP contribution in [0.5, 0.6) is 0 Å². The molecular formula is C15H14BrN3. The van der Waals surface area contributed by atoms with Crippen LogP contribution in [0.3, 0.4) is 0 Å². The van der Waals surface area contributed by atoms with Crippen LogP contribution >= 0.6 is 15.9 Å². The van der Waals surface area contributed by atoms with E-state index in [0.29, 0.717) is 5.92 Å². The molecule has 0 amide bonds. The van der Waals surface area contributed by atoms with Gasteiger partial charge in [0.25, 0.3) is 0 Å². The van der Waals surface area contributed by atoms with E-state index >= 15 is 0 Å². The maximum atomic E-state index is 4.86. The fourth-order valence-corrected chi connectivity index (χ4v) is 3.11. The molecule has 0 saturated heterocycles. The molecule has 1 aromatic carbocycles. The number of aromatic nitrogens is 2. The molecule has 2 aromatic rings. The first-order valence-corrected chi connectivity index (χ1v) is 7.47. The summed E-state index contributed by atoms with van der Waals surface area (Å²) in [5.41, 5.74) is 4.89. The van der Waals surface area contributed by atoms with Gasteiger partial charge in [0.1, 0.15) is 0 Å². The van der Waals surface area contributed by atoms with Gasteiger partial charge in [-0.05, 0) is 18.9 Å². The van der Waals surface area contributed by atoms with Gasteiger partial charge in [0.2, 0.25) is 0 Å². The summed E-state index contributed by atoms with van der Waals surface area (Å²) in [6.45, 7) is 1.80. The highest BCUT2D eigenvalue weighted by molar-refractivity contribution is 9.10. The summed E-state index contributed by atoms with van der Waals surface area (Å²) in [5, 5.41) is 3.39. The highest BCUT2D eigenvalue weighted by atomic mass is 79.9. The van der Waals surface area contributed by atoms with E-state index in [1.54, 1.807) is 0 Å². The average Bonchev–Trinajstić information content (AvgIpc) is 3.16. The normalized spacial score (nSPS) is 17.5. The molecule has 2 heterocycles. The fourth-order valence-electron chi connectivity index (χ4n) is 2.65. The van der Waals surface area contributed by atoms with Crippen LogP contribution in [0.25, 0.3) is 11.4 Å². The number of nitrogens with one attached hydrogen (secondary N) is 1. The number of fused-ring (bicyclic) bond motifs is 1. The summed E-state index contributed by atoms with van der Waals surface area (Å²) in [6, 6.07) is 8.17. The standard InChI is InChI=1S/C15H14BrN3/c16-12-4-2-1-3-10(12)15-18-13-8-17-7-11(13)14(19-15)9-5-6-9/h1-4,9,17H,5-8H2. The molecule has 0 spiro atoms. The van der Waals surface area contributed by atoms with Crippen LogP contribution in [0.4, 0.5) is 0 Å². The van der Waals surface area contributed by atoms with Crippen molar-refractivity contribution in [3.63, 3.8) is 0 Å². The molecule has 3 nitrogen and oxygen atoms in total. The van der Waals surface area contributed by atoms with Crippen molar-refractivity contribution in [1.82, 2.24) is 15.3 Å². The lowest BCUT2D eigenvalue weighted by atomic mass is 10.1. The third kappa shape index (κ3) is 1.99. The summed E-state index contributed by atoms with van der Waals surface area (Å²) < 4.78 is 1.06. The van der Waals surface area contributed by atoms with E-state index in [0.717, 1.165) is 29.0 Å². The third-order valence-corrected chi connectivity index (χ3v) is 4.49. The van der Waals surface area contributed by atoms with Crippen LogP contribution in [0.2, 0.25) is 0 Å². The van der Waals surface area contributed by atoms with Gasteiger partial charge in [0.15, 0.2) is 5.82 Å². The number of benzene rings is 1. The van der Waals surface area contributed by atoms with E-state index in [9.17, 15) is 0 Å². The van der Waals surface area contributed by atoms with Crippen molar-refractivity contribution in [3.05, 3.63) is 45.7 Å². The first-order valence-electron chi connectivity index (χ1n) is 6.68. The van der Waals surface area contributed by atoms with Gasteiger partial charge in [-0.2, -0.15) is 0 Å². The van der Waals surface area contributed by atoms with Crippen LogP contribution in [0.15, 0.2) is 28.7 Å². The molecule has 1 aromatic heterocycles. The Balaban J connectivity index is 1.90. The maximum Gasteiger partial charge on any atom is 0.160 e. The molecule has 0 unspecified atom stereocenters. The van der Waals surface area contributed by atoms with Crippen LogP contribution in [0, 0.1) is 0 Å². The predicted octanol–water partition coefficient (Wildman–Crippen LogP) is 3.39. The summed E-state index contributed by atoms with van der Waals surface area (Å²) in [7, 11) is 0. The van der Waals surface area contributed by atoms with Crippen molar-refractivity contribution in [3.8, 4) is 11.4 Å². The minimum absolute atomic E-state index is 0.665. The second-order valence-electron chi connectivity index (χ2n) is 5.22. The van der Waals surface area contributed by atoms with Gasteiger partial charge in [0, 0.05) is 34.6 Å². The quantitative estimate of drug-likeness (QED) is 0.923. The monoisotopic (exact) mass is 315 g/mol. The molecule has 1 aliphatic heterocycles. The zero-order chi connectivity index (χ0) is 12.8. The average molecular weight is 316 g/mol. The second-order valence-corrected chi connectivity index (χ2v) is 6.07. The van der Waals surface area contributed by atoms with Crippen LogP contribution < -0.4 is 5.32 Å². The SMILES string of the molecule is Brc1ccccc1-c1nc2c(c(C3CC3)n1)CNC2. The lowest BCUT2D eigenvalue weighted by Crippen LogP contribution is -2.03. The Morgan fingerprint density at radius 1 is 1.11 bits per heavy atom. The summed E-state index contributed by atoms with van der Waals surface area (Å²) in [6.07, 6.45) is 2.55. The molecule has 4 rings (SSSR count). The molecular weight excluding hydrogens is 302 g/mol. The number of rotatable bonds is 2. The molecule has 4 heteroatoms. The molecule has 0 radical (unpaired) electrons. The smallest absolute Gasteiger partial charge is 0.160 e. The lowest BCUT2D eigenvalue weighted by molar-refractivity contribution is 0.755. The molecule has 19 heavy (non-hydrogen) atoms. The van der Waals surface area contributed by atoms with Gasteiger partial charge in [-0.1, -0.05) is 34.1 Å². The van der Waals surface area contributed by atoms with Crippen LogP contribution in [0.1, 0.15) is 35.7 Å². The Morgan fingerprint density at radius 2 is 1.95 bits per heavy atom. The van der Waals surface area contributed by atoms with E-state index in [4.69, 9.17) is 9.97 Å². The summed E-state index contributed by atoms with van der Waals surface area (Å²) in [4.78, 5) is 9.61. The first kappa shape index (κ1) is 11.6. The van der Waals surface area contributed by atoms with E-state index in [1.165, 1.54) is 29.8 Å². The van der Waals surface area contributed by atoms with Crippen molar-refractivity contribution >= 4 is 15.9 Å². The minimum Gasteiger partial charge on any atom is -0.307 e. The maximum absolute atomic E-state index is 4.86. The van der Waals surface area contributed by atoms with E-state index in [1.807, 2.05) is 18.2 Å². The predicted molar refractivity (Wildman–Crippen MR) is 77.7 cm³/mol. The Bertz CT molecular complexity index is 650. The van der Waals surface area contributed by atoms with Gasteiger partial charge in [-0.25, -0.2) is 9.97 Å². The van der Waals surface area contributed by atoms with Crippen molar-refractivity contribution in [2.24, 2.45) is 0 Å². The molecule has 1 aliphatic carbocycles. The highest BCUT2D eigenvalue weighted by Gasteiger charge is 2.31.